The van der Waals surface area contributed by atoms with Crippen molar-refractivity contribution in [1.29, 1.82) is 0 Å². The molecule has 0 N–H and O–H groups in total. The lowest BCUT2D eigenvalue weighted by molar-refractivity contribution is -0.133. The van der Waals surface area contributed by atoms with Crippen molar-refractivity contribution in [2.24, 2.45) is 11.8 Å². The van der Waals surface area contributed by atoms with Crippen molar-refractivity contribution in [3.63, 3.8) is 0 Å². The highest BCUT2D eigenvalue weighted by atomic mass is 32.2. The molecular weight excluding hydrogens is 198 g/mol. The molecule has 2 saturated heterocycles. The van der Waals surface area contributed by atoms with Gasteiger partial charge >= 0.3 is 0 Å². The van der Waals surface area contributed by atoms with E-state index in [2.05, 4.69) is 10.6 Å². The van der Waals surface area contributed by atoms with E-state index in [1.54, 1.807) is 7.11 Å². The van der Waals surface area contributed by atoms with Gasteiger partial charge in [0.15, 0.2) is 0 Å². The molecule has 0 aromatic heterocycles. The van der Waals surface area contributed by atoms with E-state index in [4.69, 9.17) is 9.47 Å². The zero-order chi connectivity index (χ0) is 9.97. The Balaban J connectivity index is 1.71. The lowest BCUT2D eigenvalue weighted by atomic mass is 9.69. The summed E-state index contributed by atoms with van der Waals surface area (Å²) < 4.78 is 13.3. The third-order valence-electron chi connectivity index (χ3n) is 3.27. The van der Waals surface area contributed by atoms with E-state index in [-0.39, 0.29) is 0 Å². The fourth-order valence-electron chi connectivity index (χ4n) is 2.49. The summed E-state index contributed by atoms with van der Waals surface area (Å²) in [5, 5.41) is 0. The van der Waals surface area contributed by atoms with E-state index >= 15 is 0 Å². The van der Waals surface area contributed by atoms with Gasteiger partial charge in [0.1, 0.15) is 0 Å². The number of methoxy groups -OCH3 is 1. The summed E-state index contributed by atoms with van der Waals surface area (Å²) >= 11 is 1.86. The standard InChI is InChI=1S/C10H19NO2S/c1-12-3-4-13-10-8-5-9(10)7-11(6-8)14-2/h8-10H,3-7H2,1-2H3. The van der Waals surface area contributed by atoms with Gasteiger partial charge in [0, 0.05) is 20.2 Å². The van der Waals surface area contributed by atoms with Gasteiger partial charge in [-0.3, -0.25) is 4.31 Å². The number of nitrogens with zero attached hydrogens (tertiary/aromatic N) is 1. The summed E-state index contributed by atoms with van der Waals surface area (Å²) in [7, 11) is 1.72. The molecule has 0 aromatic rings. The smallest absolute Gasteiger partial charge is 0.0704 e. The van der Waals surface area contributed by atoms with Crippen LogP contribution in [-0.4, -0.2) is 50.1 Å². The Morgan fingerprint density at radius 3 is 2.57 bits per heavy atom. The first kappa shape index (κ1) is 10.7. The van der Waals surface area contributed by atoms with Crippen LogP contribution in [0.25, 0.3) is 0 Å². The second-order valence-electron chi connectivity index (χ2n) is 4.11. The van der Waals surface area contributed by atoms with E-state index in [0.717, 1.165) is 25.0 Å². The Morgan fingerprint density at radius 1 is 1.29 bits per heavy atom. The zero-order valence-electron chi connectivity index (χ0n) is 8.94. The first-order valence-electron chi connectivity index (χ1n) is 5.24. The summed E-state index contributed by atoms with van der Waals surface area (Å²) in [6.07, 6.45) is 4.05. The van der Waals surface area contributed by atoms with Crippen LogP contribution in [0.1, 0.15) is 6.42 Å². The second-order valence-corrected chi connectivity index (χ2v) is 5.00. The molecule has 2 heterocycles. The van der Waals surface area contributed by atoms with Gasteiger partial charge in [-0.2, -0.15) is 0 Å². The summed E-state index contributed by atoms with van der Waals surface area (Å²) in [6, 6.07) is 0. The van der Waals surface area contributed by atoms with Gasteiger partial charge in [-0.25, -0.2) is 0 Å². The van der Waals surface area contributed by atoms with Crippen LogP contribution in [0.15, 0.2) is 0 Å². The van der Waals surface area contributed by atoms with E-state index in [1.165, 1.54) is 19.5 Å². The molecule has 3 nitrogen and oxygen atoms in total. The highest BCUT2D eigenvalue weighted by Gasteiger charge is 2.47. The van der Waals surface area contributed by atoms with Crippen LogP contribution in [0.2, 0.25) is 0 Å². The number of piperidine rings is 2. The normalized spacial score (nSPS) is 36.9. The van der Waals surface area contributed by atoms with Crippen LogP contribution >= 0.6 is 11.9 Å². The van der Waals surface area contributed by atoms with Crippen LogP contribution < -0.4 is 0 Å². The molecule has 1 saturated carbocycles. The number of hydrogen-bond donors (Lipinski definition) is 0. The predicted octanol–water partition coefficient (Wildman–Crippen LogP) is 1.25. The van der Waals surface area contributed by atoms with Gasteiger partial charge in [-0.05, 0) is 24.5 Å². The SMILES string of the molecule is COCCOC1C2CC1CN(SC)C2. The summed E-state index contributed by atoms with van der Waals surface area (Å²) in [5.74, 6) is 1.55. The fraction of sp³-hybridized carbons (Fsp3) is 1.00. The van der Waals surface area contributed by atoms with Crippen molar-refractivity contribution in [2.75, 3.05) is 39.7 Å². The molecule has 0 spiro atoms. The minimum absolute atomic E-state index is 0.522. The van der Waals surface area contributed by atoms with Crippen molar-refractivity contribution in [3.05, 3.63) is 0 Å². The highest BCUT2D eigenvalue weighted by molar-refractivity contribution is 7.96. The summed E-state index contributed by atoms with van der Waals surface area (Å²) in [6.45, 7) is 3.89. The van der Waals surface area contributed by atoms with Crippen LogP contribution in [0.4, 0.5) is 0 Å². The number of fused-ring (bicyclic) bond motifs is 2. The number of ether oxygens (including phenoxy) is 2. The summed E-state index contributed by atoms with van der Waals surface area (Å²) in [4.78, 5) is 0. The van der Waals surface area contributed by atoms with Crippen LogP contribution in [-0.2, 0) is 9.47 Å². The molecule has 4 heteroatoms. The van der Waals surface area contributed by atoms with Crippen molar-refractivity contribution in [2.45, 2.75) is 12.5 Å². The lowest BCUT2D eigenvalue weighted by Gasteiger charge is -2.52. The number of hydrogen-bond acceptors (Lipinski definition) is 4. The lowest BCUT2D eigenvalue weighted by Crippen LogP contribution is -2.57. The Labute approximate surface area is 90.3 Å². The van der Waals surface area contributed by atoms with Gasteiger partial charge in [-0.15, -0.1) is 0 Å². The third-order valence-corrected chi connectivity index (χ3v) is 4.08. The van der Waals surface area contributed by atoms with Crippen LogP contribution in [0.3, 0.4) is 0 Å². The highest BCUT2D eigenvalue weighted by Crippen LogP contribution is 2.43. The molecule has 1 aliphatic carbocycles. The average molecular weight is 217 g/mol. The zero-order valence-corrected chi connectivity index (χ0v) is 9.76. The molecule has 3 aliphatic rings. The Morgan fingerprint density at radius 2 is 2.00 bits per heavy atom. The van der Waals surface area contributed by atoms with Crippen molar-refractivity contribution in [1.82, 2.24) is 4.31 Å². The molecule has 14 heavy (non-hydrogen) atoms. The molecular formula is C10H19NO2S. The van der Waals surface area contributed by atoms with Crippen molar-refractivity contribution < 1.29 is 9.47 Å². The molecule has 2 bridgehead atoms. The first-order valence-corrected chi connectivity index (χ1v) is 6.43. The predicted molar refractivity (Wildman–Crippen MR) is 58.3 cm³/mol. The van der Waals surface area contributed by atoms with Gasteiger partial charge in [0.05, 0.1) is 19.3 Å². The van der Waals surface area contributed by atoms with E-state index < -0.39 is 0 Å². The minimum atomic E-state index is 0.522. The third kappa shape index (κ3) is 2.08. The average Bonchev–Trinajstić information content (AvgIpc) is 2.24. The van der Waals surface area contributed by atoms with Crippen molar-refractivity contribution in [3.8, 4) is 0 Å². The Bertz CT molecular complexity index is 179. The summed E-state index contributed by atoms with van der Waals surface area (Å²) in [5.41, 5.74) is 0. The van der Waals surface area contributed by atoms with E-state index in [0.29, 0.717) is 6.10 Å². The van der Waals surface area contributed by atoms with Gasteiger partial charge < -0.3 is 9.47 Å². The van der Waals surface area contributed by atoms with Crippen molar-refractivity contribution >= 4 is 11.9 Å². The van der Waals surface area contributed by atoms with Gasteiger partial charge in [-0.1, -0.05) is 11.9 Å². The minimum Gasteiger partial charge on any atom is -0.382 e. The largest absolute Gasteiger partial charge is 0.382 e. The fourth-order valence-corrected chi connectivity index (χ4v) is 3.17. The monoisotopic (exact) mass is 217 g/mol. The maximum atomic E-state index is 5.82. The second kappa shape index (κ2) is 4.84. The van der Waals surface area contributed by atoms with Gasteiger partial charge in [0.25, 0.3) is 0 Å². The molecule has 3 fully saturated rings. The molecule has 2 aliphatic heterocycles. The van der Waals surface area contributed by atoms with Crippen LogP contribution in [0, 0.1) is 11.8 Å². The van der Waals surface area contributed by atoms with E-state index in [9.17, 15) is 0 Å². The molecule has 0 aromatic carbocycles. The van der Waals surface area contributed by atoms with E-state index in [1.807, 2.05) is 11.9 Å². The molecule has 2 atom stereocenters. The molecule has 0 radical (unpaired) electrons. The molecule has 3 rings (SSSR count). The van der Waals surface area contributed by atoms with Crippen LogP contribution in [0.5, 0.6) is 0 Å². The van der Waals surface area contributed by atoms with Gasteiger partial charge in [0.2, 0.25) is 0 Å². The maximum Gasteiger partial charge on any atom is 0.0704 e. The molecule has 2 unspecified atom stereocenters. The quantitative estimate of drug-likeness (QED) is 0.510. The topological polar surface area (TPSA) is 21.7 Å². The molecule has 0 amide bonds. The first-order chi connectivity index (χ1) is 6.85. The Hall–Kier alpha value is 0.230. The maximum absolute atomic E-state index is 5.82. The number of rotatable bonds is 5. The molecule has 82 valence electrons. The Kier molecular flexibility index (Phi) is 3.71.